The highest BCUT2D eigenvalue weighted by Gasteiger charge is 2.42. The molecule has 2 aromatic heterocycles. The van der Waals surface area contributed by atoms with Gasteiger partial charge in [0.25, 0.3) is 11.8 Å². The number of H-pyrrole nitrogens is 1. The third kappa shape index (κ3) is 3.24. The van der Waals surface area contributed by atoms with Crippen molar-refractivity contribution in [2.45, 2.75) is 52.0 Å². The Balaban J connectivity index is 2.02. The predicted molar refractivity (Wildman–Crippen MR) is 96.1 cm³/mol. The third-order valence-electron chi connectivity index (χ3n) is 4.17. The molecule has 0 saturated carbocycles. The number of hydrogen-bond acceptors (Lipinski definition) is 5. The first-order valence-corrected chi connectivity index (χ1v) is 8.93. The molecule has 0 radical (unpaired) electrons. The normalized spacial score (nSPS) is 17.6. The lowest BCUT2D eigenvalue weighted by Gasteiger charge is -2.41. The lowest BCUT2D eigenvalue weighted by molar-refractivity contribution is -0.135. The van der Waals surface area contributed by atoms with Gasteiger partial charge in [-0.1, -0.05) is 0 Å². The predicted octanol–water partition coefficient (Wildman–Crippen LogP) is 2.88. The Morgan fingerprint density at radius 1 is 1.42 bits per heavy atom. The van der Waals surface area contributed by atoms with E-state index < -0.39 is 29.7 Å². The number of amides is 2. The fourth-order valence-corrected chi connectivity index (χ4v) is 4.64. The van der Waals surface area contributed by atoms with Gasteiger partial charge in [0.1, 0.15) is 11.7 Å². The number of ether oxygens (including phenoxy) is 1. The summed E-state index contributed by atoms with van der Waals surface area (Å²) in [6.07, 6.45) is 0.505. The zero-order valence-corrected chi connectivity index (χ0v) is 15.8. The lowest BCUT2D eigenvalue weighted by atomic mass is 9.86. The molecule has 0 unspecified atom stereocenters. The van der Waals surface area contributed by atoms with Gasteiger partial charge in [0.15, 0.2) is 5.69 Å². The van der Waals surface area contributed by atoms with Crippen LogP contribution in [0.1, 0.15) is 64.7 Å². The third-order valence-corrected chi connectivity index (χ3v) is 5.62. The summed E-state index contributed by atoms with van der Waals surface area (Å²) < 4.78 is 18.8. The summed E-state index contributed by atoms with van der Waals surface area (Å²) in [6, 6.07) is 1.32. The van der Waals surface area contributed by atoms with Crippen molar-refractivity contribution in [3.8, 4) is 0 Å². The summed E-state index contributed by atoms with van der Waals surface area (Å²) in [5.74, 6) is -1.15. The number of carbonyl (C=O) groups excluding carboxylic acids is 2. The minimum atomic E-state index is -0.749. The fraction of sp³-hybridized carbons (Fsp3) is 0.471. The zero-order chi connectivity index (χ0) is 19.3. The molecule has 0 bridgehead atoms. The van der Waals surface area contributed by atoms with Crippen LogP contribution in [0.15, 0.2) is 6.07 Å². The summed E-state index contributed by atoms with van der Waals surface area (Å²) in [5, 5.41) is 9.26. The van der Waals surface area contributed by atoms with Crippen LogP contribution >= 0.6 is 11.3 Å². The lowest BCUT2D eigenvalue weighted by Crippen LogP contribution is -2.42. The maximum absolute atomic E-state index is 12.6. The van der Waals surface area contributed by atoms with Gasteiger partial charge < -0.3 is 15.8 Å². The highest BCUT2D eigenvalue weighted by Crippen LogP contribution is 2.48. The van der Waals surface area contributed by atoms with Crippen LogP contribution in [0.4, 0.5) is 9.39 Å². The average Bonchev–Trinajstić information content (AvgIpc) is 3.09. The minimum Gasteiger partial charge on any atom is -0.365 e. The maximum Gasteiger partial charge on any atom is 0.276 e. The molecular weight excluding hydrogens is 359 g/mol. The minimum absolute atomic E-state index is 0.0373. The number of rotatable bonds is 4. The van der Waals surface area contributed by atoms with E-state index in [-0.39, 0.29) is 11.4 Å². The van der Waals surface area contributed by atoms with Crippen LogP contribution in [0.2, 0.25) is 0 Å². The van der Waals surface area contributed by atoms with Crippen molar-refractivity contribution in [3.05, 3.63) is 33.5 Å². The molecule has 1 aliphatic rings. The number of nitrogens with two attached hydrogens (primary N) is 1. The van der Waals surface area contributed by atoms with Crippen molar-refractivity contribution in [1.29, 1.82) is 0 Å². The van der Waals surface area contributed by atoms with Crippen LogP contribution in [0.3, 0.4) is 0 Å². The van der Waals surface area contributed by atoms with E-state index in [1.165, 1.54) is 17.4 Å². The average molecular weight is 380 g/mol. The van der Waals surface area contributed by atoms with Crippen LogP contribution in [-0.2, 0) is 23.4 Å². The Morgan fingerprint density at radius 2 is 2.12 bits per heavy atom. The van der Waals surface area contributed by atoms with Crippen molar-refractivity contribution < 1.29 is 18.7 Å². The fourth-order valence-electron chi connectivity index (χ4n) is 3.38. The van der Waals surface area contributed by atoms with E-state index in [9.17, 15) is 14.0 Å². The van der Waals surface area contributed by atoms with Gasteiger partial charge >= 0.3 is 0 Å². The van der Waals surface area contributed by atoms with E-state index in [0.29, 0.717) is 17.0 Å². The SMILES string of the molecule is CC1(C)Cc2c(sc(NC(=O)c3cc(CF)[nH]n3)c2C(N)=O)C(C)(C)O1. The first-order valence-electron chi connectivity index (χ1n) is 8.12. The Morgan fingerprint density at radius 3 is 2.69 bits per heavy atom. The number of carbonyl (C=O) groups is 2. The van der Waals surface area contributed by atoms with E-state index in [1.807, 2.05) is 27.7 Å². The van der Waals surface area contributed by atoms with Gasteiger partial charge in [-0.2, -0.15) is 5.10 Å². The van der Waals surface area contributed by atoms with Crippen LogP contribution in [0, 0.1) is 0 Å². The zero-order valence-electron chi connectivity index (χ0n) is 15.0. The second-order valence-electron chi connectivity index (χ2n) is 7.39. The molecule has 0 saturated heterocycles. The van der Waals surface area contributed by atoms with Crippen molar-refractivity contribution in [3.63, 3.8) is 0 Å². The van der Waals surface area contributed by atoms with Gasteiger partial charge in [-0.25, -0.2) is 4.39 Å². The first-order chi connectivity index (χ1) is 12.0. The van der Waals surface area contributed by atoms with Gasteiger partial charge in [0, 0.05) is 11.3 Å². The summed E-state index contributed by atoms with van der Waals surface area (Å²) in [6.45, 7) is 6.98. The number of anilines is 1. The molecule has 2 amide bonds. The molecule has 0 spiro atoms. The molecule has 3 heterocycles. The van der Waals surface area contributed by atoms with Crippen LogP contribution in [0.5, 0.6) is 0 Å². The number of aromatic amines is 1. The van der Waals surface area contributed by atoms with Gasteiger partial charge in [-0.15, -0.1) is 11.3 Å². The summed E-state index contributed by atoms with van der Waals surface area (Å²) in [4.78, 5) is 25.4. The second kappa shape index (κ2) is 6.17. The van der Waals surface area contributed by atoms with Crippen LogP contribution < -0.4 is 11.1 Å². The summed E-state index contributed by atoms with van der Waals surface area (Å²) >= 11 is 1.26. The molecule has 9 heteroatoms. The highest BCUT2D eigenvalue weighted by molar-refractivity contribution is 7.17. The molecule has 7 nitrogen and oxygen atoms in total. The number of primary amides is 1. The van der Waals surface area contributed by atoms with E-state index in [0.717, 1.165) is 10.4 Å². The maximum atomic E-state index is 12.6. The number of aromatic nitrogens is 2. The van der Waals surface area contributed by atoms with Gasteiger partial charge in [-0.3, -0.25) is 14.7 Å². The molecule has 2 aromatic rings. The molecular formula is C17H21FN4O3S. The molecule has 140 valence electrons. The van der Waals surface area contributed by atoms with E-state index >= 15 is 0 Å². The van der Waals surface area contributed by atoms with E-state index in [4.69, 9.17) is 10.5 Å². The number of thiophene rings is 1. The Kier molecular flexibility index (Phi) is 4.40. The highest BCUT2D eigenvalue weighted by atomic mass is 32.1. The Bertz CT molecular complexity index is 885. The molecule has 26 heavy (non-hydrogen) atoms. The van der Waals surface area contributed by atoms with Crippen molar-refractivity contribution in [2.24, 2.45) is 5.73 Å². The van der Waals surface area contributed by atoms with Crippen molar-refractivity contribution >= 4 is 28.2 Å². The van der Waals surface area contributed by atoms with Crippen LogP contribution in [0.25, 0.3) is 0 Å². The topological polar surface area (TPSA) is 110 Å². The van der Waals surface area contributed by atoms with E-state index in [2.05, 4.69) is 15.5 Å². The van der Waals surface area contributed by atoms with Crippen molar-refractivity contribution in [1.82, 2.24) is 10.2 Å². The molecule has 0 atom stereocenters. The number of halogens is 1. The number of alkyl halides is 1. The quantitative estimate of drug-likeness (QED) is 0.757. The van der Waals surface area contributed by atoms with Gasteiger partial charge in [0.2, 0.25) is 0 Å². The first kappa shape index (κ1) is 18.5. The van der Waals surface area contributed by atoms with E-state index in [1.54, 1.807) is 0 Å². The Hall–Kier alpha value is -2.26. The summed E-state index contributed by atoms with van der Waals surface area (Å²) in [7, 11) is 0. The summed E-state index contributed by atoms with van der Waals surface area (Å²) in [5.41, 5.74) is 5.84. The second-order valence-corrected chi connectivity index (χ2v) is 8.41. The smallest absolute Gasteiger partial charge is 0.276 e. The number of nitrogens with one attached hydrogen (secondary N) is 2. The monoisotopic (exact) mass is 380 g/mol. The molecule has 0 aromatic carbocycles. The van der Waals surface area contributed by atoms with Crippen LogP contribution in [-0.4, -0.2) is 27.6 Å². The number of hydrogen-bond donors (Lipinski definition) is 3. The molecule has 4 N–H and O–H groups in total. The van der Waals surface area contributed by atoms with Crippen molar-refractivity contribution in [2.75, 3.05) is 5.32 Å². The van der Waals surface area contributed by atoms with Gasteiger partial charge in [-0.05, 0) is 39.3 Å². The molecule has 1 aliphatic heterocycles. The largest absolute Gasteiger partial charge is 0.365 e. The molecule has 0 fully saturated rings. The molecule has 3 rings (SSSR count). The van der Waals surface area contributed by atoms with Gasteiger partial charge in [0.05, 0.1) is 22.5 Å². The molecule has 0 aliphatic carbocycles. The standard InChI is InChI=1S/C17H21FN4O3S/c1-16(2)6-9-11(13(19)23)15(26-12(9)17(3,4)25-16)20-14(24)10-5-8(7-18)21-22-10/h5H,6-7H2,1-4H3,(H2,19,23)(H,20,24)(H,21,22). The number of fused-ring (bicyclic) bond motifs is 1. The number of nitrogens with zero attached hydrogens (tertiary/aromatic N) is 1. The Labute approximate surface area is 154 Å².